The Morgan fingerprint density at radius 2 is 2.18 bits per heavy atom. The third-order valence-corrected chi connectivity index (χ3v) is 4.34. The smallest absolute Gasteiger partial charge is 0.240 e. The molecule has 17 heavy (non-hydrogen) atoms. The summed E-state index contributed by atoms with van der Waals surface area (Å²) in [6, 6.07) is 0.213. The molecule has 0 saturated heterocycles. The minimum atomic E-state index is -0.626. The van der Waals surface area contributed by atoms with Gasteiger partial charge in [0.2, 0.25) is 5.91 Å². The standard InChI is InChI=1S/C14H28N2O/c1-5-11(3)12(4)16-13(17)14(15)8-6-7-10(2)9-14/h10-12H,5-9,15H2,1-4H3,(H,16,17). The first kappa shape index (κ1) is 14.5. The number of rotatable bonds is 4. The molecule has 0 spiro atoms. The van der Waals surface area contributed by atoms with Crippen LogP contribution in [0.4, 0.5) is 0 Å². The number of hydrogen-bond acceptors (Lipinski definition) is 2. The molecule has 3 heteroatoms. The van der Waals surface area contributed by atoms with Crippen LogP contribution in [0.2, 0.25) is 0 Å². The zero-order valence-corrected chi connectivity index (χ0v) is 11.8. The molecule has 0 radical (unpaired) electrons. The van der Waals surface area contributed by atoms with Gasteiger partial charge in [-0.15, -0.1) is 0 Å². The second-order valence-corrected chi connectivity index (χ2v) is 6.01. The lowest BCUT2D eigenvalue weighted by Gasteiger charge is -2.36. The fourth-order valence-electron chi connectivity index (χ4n) is 2.64. The fraction of sp³-hybridized carbons (Fsp3) is 0.929. The molecule has 4 unspecified atom stereocenters. The Bertz CT molecular complexity index is 267. The van der Waals surface area contributed by atoms with Crippen molar-refractivity contribution in [2.45, 2.75) is 71.4 Å². The molecule has 1 saturated carbocycles. The first-order chi connectivity index (χ1) is 7.89. The fourth-order valence-corrected chi connectivity index (χ4v) is 2.64. The Kier molecular flexibility index (Phi) is 4.99. The Morgan fingerprint density at radius 1 is 1.53 bits per heavy atom. The molecule has 3 nitrogen and oxygen atoms in total. The lowest BCUT2D eigenvalue weighted by atomic mass is 9.76. The summed E-state index contributed by atoms with van der Waals surface area (Å²) in [6.45, 7) is 8.57. The van der Waals surface area contributed by atoms with Crippen molar-refractivity contribution in [2.24, 2.45) is 17.6 Å². The van der Waals surface area contributed by atoms with Gasteiger partial charge in [0.1, 0.15) is 0 Å². The number of carbonyl (C=O) groups excluding carboxylic acids is 1. The van der Waals surface area contributed by atoms with E-state index in [9.17, 15) is 4.79 Å². The van der Waals surface area contributed by atoms with E-state index in [1.54, 1.807) is 0 Å². The summed E-state index contributed by atoms with van der Waals surface area (Å²) in [5.74, 6) is 1.12. The van der Waals surface area contributed by atoms with Crippen LogP contribution in [-0.2, 0) is 4.79 Å². The van der Waals surface area contributed by atoms with E-state index in [1.165, 1.54) is 6.42 Å². The van der Waals surface area contributed by atoms with E-state index < -0.39 is 5.54 Å². The Labute approximate surface area is 106 Å². The molecule has 0 aromatic heterocycles. The summed E-state index contributed by atoms with van der Waals surface area (Å²) < 4.78 is 0. The summed E-state index contributed by atoms with van der Waals surface area (Å²) in [5.41, 5.74) is 5.65. The average molecular weight is 240 g/mol. The van der Waals surface area contributed by atoms with Gasteiger partial charge in [-0.25, -0.2) is 0 Å². The molecular weight excluding hydrogens is 212 g/mol. The van der Waals surface area contributed by atoms with Crippen LogP contribution in [0.15, 0.2) is 0 Å². The van der Waals surface area contributed by atoms with Crippen molar-refractivity contribution < 1.29 is 4.79 Å². The molecule has 0 aromatic carbocycles. The van der Waals surface area contributed by atoms with Crippen LogP contribution in [0, 0.1) is 11.8 Å². The Balaban J connectivity index is 2.56. The van der Waals surface area contributed by atoms with Crippen LogP contribution in [-0.4, -0.2) is 17.5 Å². The average Bonchev–Trinajstić information content (AvgIpc) is 2.27. The second kappa shape index (κ2) is 5.85. The van der Waals surface area contributed by atoms with Gasteiger partial charge in [-0.05, 0) is 31.6 Å². The summed E-state index contributed by atoms with van der Waals surface area (Å²) in [7, 11) is 0. The van der Waals surface area contributed by atoms with E-state index >= 15 is 0 Å². The molecule has 1 rings (SSSR count). The molecule has 0 bridgehead atoms. The van der Waals surface area contributed by atoms with Crippen molar-refractivity contribution in [3.8, 4) is 0 Å². The van der Waals surface area contributed by atoms with E-state index in [0.717, 1.165) is 25.7 Å². The quantitative estimate of drug-likeness (QED) is 0.793. The van der Waals surface area contributed by atoms with Gasteiger partial charge in [0, 0.05) is 6.04 Å². The monoisotopic (exact) mass is 240 g/mol. The first-order valence-corrected chi connectivity index (χ1v) is 6.99. The maximum atomic E-state index is 12.3. The van der Waals surface area contributed by atoms with Crippen LogP contribution in [0.1, 0.15) is 59.8 Å². The maximum absolute atomic E-state index is 12.3. The van der Waals surface area contributed by atoms with Gasteiger partial charge in [-0.1, -0.05) is 40.0 Å². The number of amides is 1. The van der Waals surface area contributed by atoms with Crippen molar-refractivity contribution >= 4 is 5.91 Å². The zero-order chi connectivity index (χ0) is 13.1. The predicted octanol–water partition coefficient (Wildman–Crippen LogP) is 2.44. The molecule has 100 valence electrons. The van der Waals surface area contributed by atoms with Crippen molar-refractivity contribution in [3.05, 3.63) is 0 Å². The van der Waals surface area contributed by atoms with E-state index in [1.807, 2.05) is 0 Å². The zero-order valence-electron chi connectivity index (χ0n) is 11.8. The van der Waals surface area contributed by atoms with Gasteiger partial charge in [0.25, 0.3) is 0 Å². The molecule has 1 aliphatic rings. The molecule has 0 aromatic rings. The molecule has 3 N–H and O–H groups in total. The van der Waals surface area contributed by atoms with E-state index in [4.69, 9.17) is 5.73 Å². The van der Waals surface area contributed by atoms with Crippen LogP contribution in [0.25, 0.3) is 0 Å². The highest BCUT2D eigenvalue weighted by molar-refractivity contribution is 5.86. The van der Waals surface area contributed by atoms with Gasteiger partial charge >= 0.3 is 0 Å². The second-order valence-electron chi connectivity index (χ2n) is 6.01. The number of nitrogens with one attached hydrogen (secondary N) is 1. The SMILES string of the molecule is CCC(C)C(C)NC(=O)C1(N)CCCC(C)C1. The van der Waals surface area contributed by atoms with Crippen LogP contribution >= 0.6 is 0 Å². The third-order valence-electron chi connectivity index (χ3n) is 4.34. The Morgan fingerprint density at radius 3 is 2.71 bits per heavy atom. The van der Waals surface area contributed by atoms with E-state index in [2.05, 4.69) is 33.0 Å². The van der Waals surface area contributed by atoms with Crippen molar-refractivity contribution in [1.82, 2.24) is 5.32 Å². The van der Waals surface area contributed by atoms with E-state index in [-0.39, 0.29) is 11.9 Å². The summed E-state index contributed by atoms with van der Waals surface area (Å²) >= 11 is 0. The van der Waals surface area contributed by atoms with Crippen LogP contribution in [0.5, 0.6) is 0 Å². The minimum Gasteiger partial charge on any atom is -0.352 e. The number of nitrogens with two attached hydrogens (primary N) is 1. The first-order valence-electron chi connectivity index (χ1n) is 6.99. The highest BCUT2D eigenvalue weighted by Crippen LogP contribution is 2.30. The summed E-state index contributed by atoms with van der Waals surface area (Å²) in [5, 5.41) is 3.10. The topological polar surface area (TPSA) is 55.1 Å². The Hall–Kier alpha value is -0.570. The lowest BCUT2D eigenvalue weighted by molar-refractivity contribution is -0.129. The van der Waals surface area contributed by atoms with E-state index in [0.29, 0.717) is 11.8 Å². The summed E-state index contributed by atoms with van der Waals surface area (Å²) in [4.78, 5) is 12.3. The number of hydrogen-bond donors (Lipinski definition) is 2. The van der Waals surface area contributed by atoms with Crippen LogP contribution < -0.4 is 11.1 Å². The van der Waals surface area contributed by atoms with Gasteiger partial charge in [-0.3, -0.25) is 4.79 Å². The van der Waals surface area contributed by atoms with Gasteiger partial charge in [-0.2, -0.15) is 0 Å². The largest absolute Gasteiger partial charge is 0.352 e. The molecule has 1 aliphatic carbocycles. The molecule has 4 atom stereocenters. The predicted molar refractivity (Wildman–Crippen MR) is 71.6 cm³/mol. The lowest BCUT2D eigenvalue weighted by Crippen LogP contribution is -2.58. The van der Waals surface area contributed by atoms with Crippen molar-refractivity contribution in [1.29, 1.82) is 0 Å². The highest BCUT2D eigenvalue weighted by Gasteiger charge is 2.38. The third kappa shape index (κ3) is 3.70. The minimum absolute atomic E-state index is 0.0526. The molecule has 1 fully saturated rings. The summed E-state index contributed by atoms with van der Waals surface area (Å²) in [6.07, 6.45) is 5.01. The van der Waals surface area contributed by atoms with Crippen molar-refractivity contribution in [2.75, 3.05) is 0 Å². The highest BCUT2D eigenvalue weighted by atomic mass is 16.2. The molecule has 1 amide bonds. The maximum Gasteiger partial charge on any atom is 0.240 e. The van der Waals surface area contributed by atoms with Gasteiger partial charge in [0.15, 0.2) is 0 Å². The number of carbonyl (C=O) groups is 1. The van der Waals surface area contributed by atoms with Crippen molar-refractivity contribution in [3.63, 3.8) is 0 Å². The molecular formula is C14H28N2O. The normalized spacial score (nSPS) is 32.9. The molecule has 0 heterocycles. The van der Waals surface area contributed by atoms with Gasteiger partial charge < -0.3 is 11.1 Å². The molecule has 0 aliphatic heterocycles. The van der Waals surface area contributed by atoms with Crippen LogP contribution in [0.3, 0.4) is 0 Å². The van der Waals surface area contributed by atoms with Gasteiger partial charge in [0.05, 0.1) is 5.54 Å².